The summed E-state index contributed by atoms with van der Waals surface area (Å²) in [5.74, 6) is 0.400. The van der Waals surface area contributed by atoms with E-state index in [0.29, 0.717) is 5.56 Å². The molecule has 2 N–H and O–H groups in total. The molecule has 2 heteroatoms. The van der Waals surface area contributed by atoms with Crippen LogP contribution in [0.4, 0.5) is 0 Å². The Kier molecular flexibility index (Phi) is 2.27. The normalized spacial score (nSPS) is 10.2. The molecule has 0 aromatic heterocycles. The maximum Gasteiger partial charge on any atom is 0.125 e. The third-order valence-corrected chi connectivity index (χ3v) is 2.21. The van der Waals surface area contributed by atoms with Crippen LogP contribution < -0.4 is 0 Å². The summed E-state index contributed by atoms with van der Waals surface area (Å²) in [6.45, 7) is 5.58. The molecule has 0 bridgehead atoms. The first kappa shape index (κ1) is 8.91. The molecule has 0 unspecified atom stereocenters. The smallest absolute Gasteiger partial charge is 0.125 e. The third kappa shape index (κ3) is 1.24. The van der Waals surface area contributed by atoms with Crippen LogP contribution in [-0.4, -0.2) is 10.2 Å². The molecule has 0 aliphatic heterocycles. The fourth-order valence-corrected chi connectivity index (χ4v) is 1.38. The van der Waals surface area contributed by atoms with Crippen molar-refractivity contribution in [2.75, 3.05) is 0 Å². The van der Waals surface area contributed by atoms with Gasteiger partial charge in [0.2, 0.25) is 0 Å². The summed E-state index contributed by atoms with van der Waals surface area (Å²) in [4.78, 5) is 0. The van der Waals surface area contributed by atoms with Gasteiger partial charge in [0.25, 0.3) is 0 Å². The summed E-state index contributed by atoms with van der Waals surface area (Å²) < 4.78 is 0. The van der Waals surface area contributed by atoms with Crippen molar-refractivity contribution in [1.29, 1.82) is 0 Å². The Labute approximate surface area is 72.5 Å². The zero-order valence-corrected chi connectivity index (χ0v) is 7.68. The third-order valence-electron chi connectivity index (χ3n) is 2.21. The van der Waals surface area contributed by atoms with Crippen LogP contribution in [0.15, 0.2) is 6.07 Å². The van der Waals surface area contributed by atoms with Gasteiger partial charge >= 0.3 is 0 Å². The molecule has 12 heavy (non-hydrogen) atoms. The molecule has 0 saturated carbocycles. The highest BCUT2D eigenvalue weighted by Gasteiger charge is 2.09. The topological polar surface area (TPSA) is 40.5 Å². The fraction of sp³-hybridized carbons (Fsp3) is 0.400. The first-order valence-electron chi connectivity index (χ1n) is 4.09. The Balaban J connectivity index is 3.40. The Bertz CT molecular complexity index is 303. The van der Waals surface area contributed by atoms with Crippen LogP contribution in [0.25, 0.3) is 0 Å². The van der Waals surface area contributed by atoms with Gasteiger partial charge in [-0.1, -0.05) is 6.92 Å². The first-order chi connectivity index (χ1) is 5.57. The van der Waals surface area contributed by atoms with E-state index >= 15 is 0 Å². The standard InChI is InChI=1S/C10H14O2/c1-4-8-6(2)5-9(11)7(3)10(8)12/h5,11-12H,4H2,1-3H3. The van der Waals surface area contributed by atoms with E-state index in [1.807, 2.05) is 13.8 Å². The van der Waals surface area contributed by atoms with Crippen LogP contribution in [0.1, 0.15) is 23.6 Å². The molecule has 0 aliphatic carbocycles. The second-order valence-corrected chi connectivity index (χ2v) is 3.02. The zero-order chi connectivity index (χ0) is 9.30. The van der Waals surface area contributed by atoms with Crippen molar-refractivity contribution in [3.8, 4) is 11.5 Å². The molecular formula is C10H14O2. The number of rotatable bonds is 1. The average Bonchev–Trinajstić information content (AvgIpc) is 2.01. The van der Waals surface area contributed by atoms with Crippen molar-refractivity contribution in [1.82, 2.24) is 0 Å². The largest absolute Gasteiger partial charge is 0.508 e. The summed E-state index contributed by atoms with van der Waals surface area (Å²) in [5.41, 5.74) is 2.43. The second-order valence-electron chi connectivity index (χ2n) is 3.02. The van der Waals surface area contributed by atoms with Crippen LogP contribution >= 0.6 is 0 Å². The molecule has 1 aromatic carbocycles. The molecule has 0 spiro atoms. The number of hydrogen-bond acceptors (Lipinski definition) is 2. The van der Waals surface area contributed by atoms with Gasteiger partial charge in [-0.3, -0.25) is 0 Å². The lowest BCUT2D eigenvalue weighted by Gasteiger charge is -2.10. The maximum atomic E-state index is 9.60. The van der Waals surface area contributed by atoms with E-state index in [9.17, 15) is 10.2 Å². The van der Waals surface area contributed by atoms with Gasteiger partial charge in [0.15, 0.2) is 0 Å². The minimum absolute atomic E-state index is 0.169. The van der Waals surface area contributed by atoms with Gasteiger partial charge in [-0.2, -0.15) is 0 Å². The van der Waals surface area contributed by atoms with Crippen molar-refractivity contribution in [2.24, 2.45) is 0 Å². The summed E-state index contributed by atoms with van der Waals surface area (Å²) in [5, 5.41) is 18.9. The number of aromatic hydroxyl groups is 2. The number of aryl methyl sites for hydroxylation is 1. The first-order valence-corrected chi connectivity index (χ1v) is 4.09. The van der Waals surface area contributed by atoms with Gasteiger partial charge in [0, 0.05) is 5.56 Å². The predicted octanol–water partition coefficient (Wildman–Crippen LogP) is 2.28. The molecule has 0 amide bonds. The number of benzene rings is 1. The van der Waals surface area contributed by atoms with Crippen molar-refractivity contribution in [3.05, 3.63) is 22.8 Å². The number of phenolic OH excluding ortho intramolecular Hbond substituents is 2. The van der Waals surface area contributed by atoms with Crippen LogP contribution in [0.2, 0.25) is 0 Å². The lowest BCUT2D eigenvalue weighted by molar-refractivity contribution is 0.438. The van der Waals surface area contributed by atoms with Crippen LogP contribution in [0.3, 0.4) is 0 Å². The van der Waals surface area contributed by atoms with Gasteiger partial charge in [-0.15, -0.1) is 0 Å². The average molecular weight is 166 g/mol. The van der Waals surface area contributed by atoms with E-state index in [2.05, 4.69) is 0 Å². The monoisotopic (exact) mass is 166 g/mol. The minimum Gasteiger partial charge on any atom is -0.508 e. The van der Waals surface area contributed by atoms with Gasteiger partial charge in [0.1, 0.15) is 11.5 Å². The van der Waals surface area contributed by atoms with Gasteiger partial charge in [-0.25, -0.2) is 0 Å². The molecule has 66 valence electrons. The second kappa shape index (κ2) is 3.05. The molecule has 0 fully saturated rings. The van der Waals surface area contributed by atoms with Gasteiger partial charge < -0.3 is 10.2 Å². The van der Waals surface area contributed by atoms with E-state index in [4.69, 9.17) is 0 Å². The Morgan fingerprint density at radius 3 is 2.33 bits per heavy atom. The summed E-state index contributed by atoms with van der Waals surface area (Å²) >= 11 is 0. The van der Waals surface area contributed by atoms with Crippen LogP contribution in [-0.2, 0) is 6.42 Å². The van der Waals surface area contributed by atoms with Crippen LogP contribution in [0, 0.1) is 13.8 Å². The Morgan fingerprint density at radius 1 is 1.25 bits per heavy atom. The van der Waals surface area contributed by atoms with E-state index in [-0.39, 0.29) is 11.5 Å². The Hall–Kier alpha value is -1.18. The van der Waals surface area contributed by atoms with Gasteiger partial charge in [0.05, 0.1) is 0 Å². The molecular weight excluding hydrogens is 152 g/mol. The molecule has 0 atom stereocenters. The molecule has 0 heterocycles. The van der Waals surface area contributed by atoms with E-state index in [1.54, 1.807) is 13.0 Å². The maximum absolute atomic E-state index is 9.60. The van der Waals surface area contributed by atoms with Crippen molar-refractivity contribution >= 4 is 0 Å². The van der Waals surface area contributed by atoms with E-state index < -0.39 is 0 Å². The molecule has 2 nitrogen and oxygen atoms in total. The fourth-order valence-electron chi connectivity index (χ4n) is 1.38. The lowest BCUT2D eigenvalue weighted by Crippen LogP contribution is -1.90. The lowest BCUT2D eigenvalue weighted by atomic mass is 10.0. The molecule has 0 saturated heterocycles. The van der Waals surface area contributed by atoms with E-state index in [1.165, 1.54) is 0 Å². The summed E-state index contributed by atoms with van der Waals surface area (Å²) in [7, 11) is 0. The predicted molar refractivity (Wildman–Crippen MR) is 48.6 cm³/mol. The molecule has 0 radical (unpaired) electrons. The number of hydrogen-bond donors (Lipinski definition) is 2. The molecule has 1 aromatic rings. The zero-order valence-electron chi connectivity index (χ0n) is 7.68. The van der Waals surface area contributed by atoms with Crippen LogP contribution in [0.5, 0.6) is 11.5 Å². The highest BCUT2D eigenvalue weighted by Crippen LogP contribution is 2.32. The number of phenols is 2. The highest BCUT2D eigenvalue weighted by atomic mass is 16.3. The summed E-state index contributed by atoms with van der Waals surface area (Å²) in [6.07, 6.45) is 0.790. The minimum atomic E-state index is 0.169. The van der Waals surface area contributed by atoms with Crippen molar-refractivity contribution < 1.29 is 10.2 Å². The van der Waals surface area contributed by atoms with Crippen molar-refractivity contribution in [3.63, 3.8) is 0 Å². The molecule has 1 rings (SSSR count). The molecule has 0 aliphatic rings. The summed E-state index contributed by atoms with van der Waals surface area (Å²) in [6, 6.07) is 1.69. The van der Waals surface area contributed by atoms with Gasteiger partial charge in [-0.05, 0) is 37.5 Å². The van der Waals surface area contributed by atoms with Crippen molar-refractivity contribution in [2.45, 2.75) is 27.2 Å². The quantitative estimate of drug-likeness (QED) is 0.672. The van der Waals surface area contributed by atoms with E-state index in [0.717, 1.165) is 17.5 Å². The Morgan fingerprint density at radius 2 is 1.83 bits per heavy atom. The SMILES string of the molecule is CCc1c(C)cc(O)c(C)c1O. The highest BCUT2D eigenvalue weighted by molar-refractivity contribution is 5.51.